The number of benzene rings is 2. The van der Waals surface area contributed by atoms with E-state index < -0.39 is 17.2 Å². The molecule has 0 unspecified atom stereocenters. The van der Waals surface area contributed by atoms with E-state index in [-0.39, 0.29) is 11.4 Å². The van der Waals surface area contributed by atoms with Crippen LogP contribution in [0.5, 0.6) is 11.5 Å². The number of hydrogen-bond acceptors (Lipinski definition) is 6. The van der Waals surface area contributed by atoms with Crippen LogP contribution in [0.25, 0.3) is 0 Å². The Hall–Kier alpha value is -2.48. The highest BCUT2D eigenvalue weighted by Gasteiger charge is 2.16. The van der Waals surface area contributed by atoms with Crippen LogP contribution in [0.4, 0.5) is 5.69 Å². The molecule has 2 atom stereocenters. The largest absolute Gasteiger partial charge is 0.450 e. The van der Waals surface area contributed by atoms with E-state index >= 15 is 0 Å². The molecule has 0 aromatic heterocycles. The van der Waals surface area contributed by atoms with Crippen molar-refractivity contribution in [3.8, 4) is 11.5 Å². The molecule has 23 heavy (non-hydrogen) atoms. The van der Waals surface area contributed by atoms with Gasteiger partial charge in [-0.05, 0) is 42.7 Å². The normalized spacial score (nSPS) is 13.4. The molecule has 0 spiro atoms. The molecule has 0 amide bonds. The van der Waals surface area contributed by atoms with Gasteiger partial charge in [-0.2, -0.15) is 0 Å². The van der Waals surface area contributed by atoms with Crippen LogP contribution in [-0.2, 0) is 6.42 Å². The fraction of sp³-hybridized carbons (Fsp3) is 0.250. The summed E-state index contributed by atoms with van der Waals surface area (Å²) in [6, 6.07) is 11.1. The second-order valence-corrected chi connectivity index (χ2v) is 5.33. The maximum atomic E-state index is 11.0. The molecule has 0 fully saturated rings. The van der Waals surface area contributed by atoms with Crippen molar-refractivity contribution in [2.45, 2.75) is 25.6 Å². The van der Waals surface area contributed by atoms with Crippen LogP contribution in [0.15, 0.2) is 42.5 Å². The molecule has 0 aliphatic carbocycles. The van der Waals surface area contributed by atoms with E-state index in [4.69, 9.17) is 16.2 Å². The Balaban J connectivity index is 2.15. The molecule has 2 rings (SSSR count). The van der Waals surface area contributed by atoms with Crippen molar-refractivity contribution < 1.29 is 14.8 Å². The summed E-state index contributed by atoms with van der Waals surface area (Å²) in [5, 5.41) is 20.2. The lowest BCUT2D eigenvalue weighted by Gasteiger charge is -2.14. The number of nitro benzene ring substituents is 1. The minimum atomic E-state index is -1.08. The second-order valence-electron chi connectivity index (χ2n) is 5.33. The Morgan fingerprint density at radius 2 is 1.87 bits per heavy atom. The predicted molar refractivity (Wildman–Crippen MR) is 86.2 cm³/mol. The monoisotopic (exact) mass is 317 g/mol. The number of aliphatic hydroxyl groups excluding tert-OH is 1. The Morgan fingerprint density at radius 1 is 1.22 bits per heavy atom. The zero-order chi connectivity index (χ0) is 17.0. The van der Waals surface area contributed by atoms with Crippen LogP contribution in [0.1, 0.15) is 11.1 Å². The molecule has 0 heterocycles. The molecule has 0 saturated carbocycles. The first kappa shape index (κ1) is 16.9. The number of hydrogen-bond donors (Lipinski definition) is 3. The van der Waals surface area contributed by atoms with Gasteiger partial charge in [0.25, 0.3) is 0 Å². The Bertz CT molecular complexity index is 686. The predicted octanol–water partition coefficient (Wildman–Crippen LogP) is 1.84. The molecule has 0 saturated heterocycles. The molecular weight excluding hydrogens is 298 g/mol. The molecule has 0 aliphatic rings. The van der Waals surface area contributed by atoms with E-state index in [0.29, 0.717) is 12.2 Å². The van der Waals surface area contributed by atoms with Gasteiger partial charge in [0, 0.05) is 12.1 Å². The smallest absolute Gasteiger partial charge is 0.311 e. The van der Waals surface area contributed by atoms with Gasteiger partial charge in [0.05, 0.1) is 4.92 Å². The van der Waals surface area contributed by atoms with E-state index in [0.717, 1.165) is 11.1 Å². The summed E-state index contributed by atoms with van der Waals surface area (Å²) in [6.45, 7) is 1.83. The first-order valence-corrected chi connectivity index (χ1v) is 7.08. The van der Waals surface area contributed by atoms with Crippen LogP contribution in [0, 0.1) is 17.0 Å². The number of aliphatic hydroxyl groups is 1. The van der Waals surface area contributed by atoms with Crippen LogP contribution in [-0.4, -0.2) is 22.3 Å². The maximum absolute atomic E-state index is 11.0. The van der Waals surface area contributed by atoms with Crippen LogP contribution in [0.2, 0.25) is 0 Å². The van der Waals surface area contributed by atoms with Gasteiger partial charge in [-0.15, -0.1) is 0 Å². The first-order valence-electron chi connectivity index (χ1n) is 7.08. The summed E-state index contributed by atoms with van der Waals surface area (Å²) in [5.74, 6) is 0.668. The fourth-order valence-electron chi connectivity index (χ4n) is 2.07. The highest BCUT2D eigenvalue weighted by atomic mass is 16.6. The molecule has 122 valence electrons. The minimum absolute atomic E-state index is 0.0899. The summed E-state index contributed by atoms with van der Waals surface area (Å²) in [4.78, 5) is 10.6. The van der Waals surface area contributed by atoms with E-state index in [2.05, 4.69) is 0 Å². The second kappa shape index (κ2) is 7.19. The van der Waals surface area contributed by atoms with E-state index in [1.165, 1.54) is 6.07 Å². The summed E-state index contributed by atoms with van der Waals surface area (Å²) in [5.41, 5.74) is 12.7. The molecule has 0 radical (unpaired) electrons. The summed E-state index contributed by atoms with van der Waals surface area (Å²) in [6.07, 6.45) is -0.663. The van der Waals surface area contributed by atoms with Crippen molar-refractivity contribution in [3.63, 3.8) is 0 Å². The molecule has 2 aromatic carbocycles. The number of rotatable bonds is 6. The van der Waals surface area contributed by atoms with Crippen molar-refractivity contribution in [1.82, 2.24) is 0 Å². The fourth-order valence-corrected chi connectivity index (χ4v) is 2.07. The number of nitro groups is 1. The topological polar surface area (TPSA) is 125 Å². The lowest BCUT2D eigenvalue weighted by Crippen LogP contribution is -2.42. The summed E-state index contributed by atoms with van der Waals surface area (Å²) in [7, 11) is 0. The standard InChI is InChI=1S/C16H19N3O4/c1-10-2-7-14(19(21)22)15(8-10)23-12-5-3-11(4-6-12)9-13(17)16(18)20/h2-8,13,16,20H,9,17-18H2,1H3/t13-,16-/m1/s1. The minimum Gasteiger partial charge on any atom is -0.450 e. The van der Waals surface area contributed by atoms with Crippen molar-refractivity contribution >= 4 is 5.69 Å². The van der Waals surface area contributed by atoms with Gasteiger partial charge >= 0.3 is 5.69 Å². The van der Waals surface area contributed by atoms with E-state index in [1.807, 2.05) is 6.92 Å². The van der Waals surface area contributed by atoms with Crippen LogP contribution < -0.4 is 16.2 Å². The number of nitrogens with zero attached hydrogens (tertiary/aromatic N) is 1. The van der Waals surface area contributed by atoms with Crippen molar-refractivity contribution in [2.75, 3.05) is 0 Å². The average molecular weight is 317 g/mol. The zero-order valence-electron chi connectivity index (χ0n) is 12.7. The first-order chi connectivity index (χ1) is 10.9. The summed E-state index contributed by atoms with van der Waals surface area (Å²) >= 11 is 0. The van der Waals surface area contributed by atoms with E-state index in [9.17, 15) is 15.2 Å². The molecule has 7 nitrogen and oxygen atoms in total. The van der Waals surface area contributed by atoms with Crippen molar-refractivity contribution in [3.05, 3.63) is 63.7 Å². The number of nitrogens with two attached hydrogens (primary N) is 2. The third-order valence-electron chi connectivity index (χ3n) is 3.37. The SMILES string of the molecule is Cc1ccc([N+](=O)[O-])c(Oc2ccc(C[C@@H](N)[C@H](N)O)cc2)c1. The maximum Gasteiger partial charge on any atom is 0.311 e. The van der Waals surface area contributed by atoms with Gasteiger partial charge in [-0.25, -0.2) is 0 Å². The third kappa shape index (κ3) is 4.49. The molecule has 0 bridgehead atoms. The molecule has 2 aromatic rings. The molecule has 5 N–H and O–H groups in total. The zero-order valence-corrected chi connectivity index (χ0v) is 12.7. The lowest BCUT2D eigenvalue weighted by molar-refractivity contribution is -0.385. The van der Waals surface area contributed by atoms with Crippen molar-refractivity contribution in [1.29, 1.82) is 0 Å². The van der Waals surface area contributed by atoms with Crippen LogP contribution >= 0.6 is 0 Å². The van der Waals surface area contributed by atoms with E-state index in [1.54, 1.807) is 36.4 Å². The van der Waals surface area contributed by atoms with Gasteiger partial charge in [0.2, 0.25) is 5.75 Å². The highest BCUT2D eigenvalue weighted by molar-refractivity contribution is 5.50. The van der Waals surface area contributed by atoms with Gasteiger partial charge in [-0.1, -0.05) is 18.2 Å². The van der Waals surface area contributed by atoms with Gasteiger partial charge in [0.1, 0.15) is 12.0 Å². The van der Waals surface area contributed by atoms with Crippen LogP contribution in [0.3, 0.4) is 0 Å². The highest BCUT2D eigenvalue weighted by Crippen LogP contribution is 2.32. The quantitative estimate of drug-likeness (QED) is 0.424. The third-order valence-corrected chi connectivity index (χ3v) is 3.37. The summed E-state index contributed by atoms with van der Waals surface area (Å²) < 4.78 is 5.61. The van der Waals surface area contributed by atoms with Crippen molar-refractivity contribution in [2.24, 2.45) is 11.5 Å². The number of ether oxygens (including phenoxy) is 1. The molecule has 0 aliphatic heterocycles. The number of aryl methyl sites for hydroxylation is 1. The Labute approximate surface area is 133 Å². The van der Waals surface area contributed by atoms with Gasteiger partial charge in [-0.3, -0.25) is 10.1 Å². The average Bonchev–Trinajstić information content (AvgIpc) is 2.49. The van der Waals surface area contributed by atoms with Gasteiger partial charge in [0.15, 0.2) is 0 Å². The molecule has 7 heteroatoms. The Kier molecular flexibility index (Phi) is 5.28. The Morgan fingerprint density at radius 3 is 2.43 bits per heavy atom. The lowest BCUT2D eigenvalue weighted by atomic mass is 10.1. The van der Waals surface area contributed by atoms with Gasteiger partial charge < -0.3 is 21.3 Å². The molecular formula is C16H19N3O4.